The molecule has 0 aliphatic carbocycles. The fourth-order valence-corrected chi connectivity index (χ4v) is 1.99. The van der Waals surface area contributed by atoms with Gasteiger partial charge in [-0.2, -0.15) is 0 Å². The van der Waals surface area contributed by atoms with Crippen molar-refractivity contribution >= 4 is 15.9 Å². The molecular weight excluding hydrogens is 252 g/mol. The van der Waals surface area contributed by atoms with Crippen LogP contribution in [0.2, 0.25) is 0 Å². The van der Waals surface area contributed by atoms with Crippen molar-refractivity contribution in [1.82, 2.24) is 10.2 Å². The van der Waals surface area contributed by atoms with Crippen LogP contribution in [-0.4, -0.2) is 25.5 Å². The second-order valence-electron chi connectivity index (χ2n) is 3.94. The van der Waals surface area contributed by atoms with Crippen molar-refractivity contribution < 1.29 is 0 Å². The second-order valence-corrected chi connectivity index (χ2v) is 4.80. The van der Waals surface area contributed by atoms with Crippen LogP contribution < -0.4 is 5.32 Å². The van der Waals surface area contributed by atoms with E-state index in [1.807, 2.05) is 0 Å². The van der Waals surface area contributed by atoms with E-state index in [0.29, 0.717) is 0 Å². The van der Waals surface area contributed by atoms with Crippen molar-refractivity contribution in [3.63, 3.8) is 0 Å². The quantitative estimate of drug-likeness (QED) is 0.885. The Bertz CT molecular complexity index is 310. The van der Waals surface area contributed by atoms with Crippen molar-refractivity contribution in [1.29, 1.82) is 0 Å². The lowest BCUT2D eigenvalue weighted by Gasteiger charge is -2.12. The molecular formula is C12H19BrN2. The Kier molecular flexibility index (Phi) is 5.29. The van der Waals surface area contributed by atoms with Gasteiger partial charge in [0.05, 0.1) is 0 Å². The zero-order chi connectivity index (χ0) is 11.3. The molecule has 1 aromatic rings. The third-order valence-corrected chi connectivity index (χ3v) is 2.92. The van der Waals surface area contributed by atoms with Gasteiger partial charge in [-0.25, -0.2) is 0 Å². The zero-order valence-electron chi connectivity index (χ0n) is 9.68. The monoisotopic (exact) mass is 270 g/mol. The van der Waals surface area contributed by atoms with Crippen LogP contribution in [0.3, 0.4) is 0 Å². The molecule has 2 nitrogen and oxygen atoms in total. The normalized spacial score (nSPS) is 11.0. The summed E-state index contributed by atoms with van der Waals surface area (Å²) in [5, 5.41) is 3.32. The van der Waals surface area contributed by atoms with Crippen LogP contribution in [0.1, 0.15) is 18.1 Å². The van der Waals surface area contributed by atoms with E-state index < -0.39 is 0 Å². The molecule has 0 atom stereocenters. The van der Waals surface area contributed by atoms with E-state index in [1.165, 1.54) is 15.6 Å². The van der Waals surface area contributed by atoms with Crippen molar-refractivity contribution in [2.45, 2.75) is 20.0 Å². The Morgan fingerprint density at radius 1 is 1.33 bits per heavy atom. The summed E-state index contributed by atoms with van der Waals surface area (Å²) in [6.07, 6.45) is 0. The van der Waals surface area contributed by atoms with E-state index in [0.717, 1.165) is 19.6 Å². The fourth-order valence-electron chi connectivity index (χ4n) is 1.44. The Labute approximate surface area is 101 Å². The van der Waals surface area contributed by atoms with Crippen molar-refractivity contribution in [2.24, 2.45) is 0 Å². The topological polar surface area (TPSA) is 15.3 Å². The van der Waals surface area contributed by atoms with Crippen LogP contribution >= 0.6 is 15.9 Å². The summed E-state index contributed by atoms with van der Waals surface area (Å²) in [6.45, 7) is 5.05. The molecule has 0 aromatic heterocycles. The molecule has 0 aliphatic heterocycles. The first kappa shape index (κ1) is 12.7. The highest BCUT2D eigenvalue weighted by molar-refractivity contribution is 9.10. The van der Waals surface area contributed by atoms with Crippen LogP contribution in [0.5, 0.6) is 0 Å². The van der Waals surface area contributed by atoms with Crippen LogP contribution in [0.4, 0.5) is 0 Å². The summed E-state index contributed by atoms with van der Waals surface area (Å²) in [5.41, 5.74) is 2.66. The average molecular weight is 271 g/mol. The standard InChI is InChI=1S/C12H19BrN2/c1-4-14-8-10-5-6-11(9-15(2)3)12(13)7-10/h5-7,14H,4,8-9H2,1-3H3. The highest BCUT2D eigenvalue weighted by Gasteiger charge is 2.02. The van der Waals surface area contributed by atoms with Gasteiger partial charge in [-0.1, -0.05) is 35.0 Å². The largest absolute Gasteiger partial charge is 0.313 e. The van der Waals surface area contributed by atoms with Gasteiger partial charge in [0, 0.05) is 17.6 Å². The van der Waals surface area contributed by atoms with Crippen molar-refractivity contribution in [2.75, 3.05) is 20.6 Å². The minimum Gasteiger partial charge on any atom is -0.313 e. The fraction of sp³-hybridized carbons (Fsp3) is 0.500. The van der Waals surface area contributed by atoms with Crippen LogP contribution in [-0.2, 0) is 13.1 Å². The molecule has 1 N–H and O–H groups in total. The lowest BCUT2D eigenvalue weighted by molar-refractivity contribution is 0.401. The minimum atomic E-state index is 0.942. The van der Waals surface area contributed by atoms with Gasteiger partial charge in [-0.05, 0) is 37.8 Å². The lowest BCUT2D eigenvalue weighted by atomic mass is 10.1. The summed E-state index contributed by atoms with van der Waals surface area (Å²) in [7, 11) is 4.16. The molecule has 1 aromatic carbocycles. The number of nitrogens with zero attached hydrogens (tertiary/aromatic N) is 1. The molecule has 0 spiro atoms. The van der Waals surface area contributed by atoms with Gasteiger partial charge in [0.1, 0.15) is 0 Å². The highest BCUT2D eigenvalue weighted by atomic mass is 79.9. The lowest BCUT2D eigenvalue weighted by Crippen LogP contribution is -2.13. The maximum absolute atomic E-state index is 3.61. The second kappa shape index (κ2) is 6.26. The Morgan fingerprint density at radius 2 is 2.07 bits per heavy atom. The minimum absolute atomic E-state index is 0.942. The summed E-state index contributed by atoms with van der Waals surface area (Å²) in [4.78, 5) is 2.17. The summed E-state index contributed by atoms with van der Waals surface area (Å²) < 4.78 is 1.20. The number of rotatable bonds is 5. The molecule has 0 radical (unpaired) electrons. The maximum atomic E-state index is 3.61. The van der Waals surface area contributed by atoms with Gasteiger partial charge < -0.3 is 10.2 Å². The van der Waals surface area contributed by atoms with Gasteiger partial charge in [0.25, 0.3) is 0 Å². The molecule has 3 heteroatoms. The van der Waals surface area contributed by atoms with Crippen molar-refractivity contribution in [3.05, 3.63) is 33.8 Å². The Balaban J connectivity index is 2.70. The molecule has 84 valence electrons. The van der Waals surface area contributed by atoms with E-state index in [9.17, 15) is 0 Å². The number of hydrogen-bond donors (Lipinski definition) is 1. The first-order valence-electron chi connectivity index (χ1n) is 5.26. The van der Waals surface area contributed by atoms with Gasteiger partial charge in [0.15, 0.2) is 0 Å². The number of benzene rings is 1. The van der Waals surface area contributed by atoms with E-state index in [4.69, 9.17) is 0 Å². The maximum Gasteiger partial charge on any atom is 0.0238 e. The average Bonchev–Trinajstić information content (AvgIpc) is 2.18. The van der Waals surface area contributed by atoms with Crippen molar-refractivity contribution in [3.8, 4) is 0 Å². The molecule has 0 aliphatic rings. The van der Waals surface area contributed by atoms with Crippen LogP contribution in [0, 0.1) is 0 Å². The van der Waals surface area contributed by atoms with E-state index in [-0.39, 0.29) is 0 Å². The van der Waals surface area contributed by atoms with E-state index in [2.05, 4.69) is 65.4 Å². The molecule has 0 heterocycles. The zero-order valence-corrected chi connectivity index (χ0v) is 11.3. The third kappa shape index (κ3) is 4.33. The summed E-state index contributed by atoms with van der Waals surface area (Å²) >= 11 is 3.61. The number of hydrogen-bond acceptors (Lipinski definition) is 2. The van der Waals surface area contributed by atoms with E-state index >= 15 is 0 Å². The SMILES string of the molecule is CCNCc1ccc(CN(C)C)c(Br)c1. The predicted molar refractivity (Wildman–Crippen MR) is 68.9 cm³/mol. The Hall–Kier alpha value is -0.380. The van der Waals surface area contributed by atoms with Gasteiger partial charge in [-0.15, -0.1) is 0 Å². The van der Waals surface area contributed by atoms with Gasteiger partial charge >= 0.3 is 0 Å². The molecule has 0 fully saturated rings. The number of nitrogens with one attached hydrogen (secondary N) is 1. The first-order valence-corrected chi connectivity index (χ1v) is 6.05. The highest BCUT2D eigenvalue weighted by Crippen LogP contribution is 2.19. The smallest absolute Gasteiger partial charge is 0.0238 e. The third-order valence-electron chi connectivity index (χ3n) is 2.18. The molecule has 0 saturated heterocycles. The number of halogens is 1. The van der Waals surface area contributed by atoms with Gasteiger partial charge in [-0.3, -0.25) is 0 Å². The molecule has 0 amide bonds. The molecule has 0 bridgehead atoms. The van der Waals surface area contributed by atoms with Crippen LogP contribution in [0.15, 0.2) is 22.7 Å². The molecule has 0 unspecified atom stereocenters. The van der Waals surface area contributed by atoms with Crippen LogP contribution in [0.25, 0.3) is 0 Å². The summed E-state index contributed by atoms with van der Waals surface area (Å²) in [5.74, 6) is 0. The molecule has 15 heavy (non-hydrogen) atoms. The summed E-state index contributed by atoms with van der Waals surface area (Å²) in [6, 6.07) is 6.57. The first-order chi connectivity index (χ1) is 7.13. The molecule has 0 saturated carbocycles. The van der Waals surface area contributed by atoms with Gasteiger partial charge in [0.2, 0.25) is 0 Å². The predicted octanol–water partition coefficient (Wildman–Crippen LogP) is 2.62. The van der Waals surface area contributed by atoms with E-state index in [1.54, 1.807) is 0 Å². The molecule has 1 rings (SSSR count). The Morgan fingerprint density at radius 3 is 2.60 bits per heavy atom.